The average Bonchev–Trinajstić information content (AvgIpc) is 3.58. The lowest BCUT2D eigenvalue weighted by Crippen LogP contribution is -2.02. The van der Waals surface area contributed by atoms with Crippen LogP contribution in [-0.4, -0.2) is 15.0 Å². The minimum atomic E-state index is 0.565. The second-order valence-electron chi connectivity index (χ2n) is 12.9. The molecule has 0 aliphatic rings. The normalized spacial score (nSPS) is 11.3. The Balaban J connectivity index is 1.31. The molecule has 2 aromatic heterocycles. The zero-order chi connectivity index (χ0) is 34.3. The summed E-state index contributed by atoms with van der Waals surface area (Å²) in [6, 6.07) is 56.7. The SMILES string of the molecule is Cc1cccc(-c2nc(-c3ccccc3)nc(-c3cccc4c3oc3ccccc34)n2)c1-c1cc(-c2ccccc2)cc(-c2ccccc2)c1C. The van der Waals surface area contributed by atoms with Crippen LogP contribution in [0.15, 0.2) is 168 Å². The number of nitrogens with zero attached hydrogens (tertiary/aromatic N) is 3. The summed E-state index contributed by atoms with van der Waals surface area (Å²) < 4.78 is 6.47. The van der Waals surface area contributed by atoms with E-state index in [0.717, 1.165) is 60.9 Å². The van der Waals surface area contributed by atoms with Gasteiger partial charge in [-0.3, -0.25) is 0 Å². The number of benzene rings is 7. The molecule has 0 spiro atoms. The largest absolute Gasteiger partial charge is 0.455 e. The number of furan rings is 1. The second kappa shape index (κ2) is 12.7. The van der Waals surface area contributed by atoms with Crippen molar-refractivity contribution < 1.29 is 4.42 Å². The van der Waals surface area contributed by atoms with Gasteiger partial charge in [0.2, 0.25) is 0 Å². The summed E-state index contributed by atoms with van der Waals surface area (Å²) in [6.07, 6.45) is 0. The Morgan fingerprint density at radius 3 is 1.69 bits per heavy atom. The van der Waals surface area contributed by atoms with Gasteiger partial charge in [-0.15, -0.1) is 0 Å². The molecule has 0 amide bonds. The summed E-state index contributed by atoms with van der Waals surface area (Å²) in [7, 11) is 0. The Morgan fingerprint density at radius 2 is 0.941 bits per heavy atom. The third kappa shape index (κ3) is 5.48. The molecule has 9 rings (SSSR count). The number of hydrogen-bond donors (Lipinski definition) is 0. The van der Waals surface area contributed by atoms with Crippen molar-refractivity contribution in [3.8, 4) is 67.5 Å². The monoisotopic (exact) mass is 655 g/mol. The minimum absolute atomic E-state index is 0.565. The van der Waals surface area contributed by atoms with Crippen LogP contribution in [0.2, 0.25) is 0 Å². The Labute approximate surface area is 296 Å². The lowest BCUT2D eigenvalue weighted by atomic mass is 9.85. The molecular weight excluding hydrogens is 623 g/mol. The van der Waals surface area contributed by atoms with Crippen LogP contribution in [0.5, 0.6) is 0 Å². The lowest BCUT2D eigenvalue weighted by Gasteiger charge is -2.20. The Hall–Kier alpha value is -6.65. The first kappa shape index (κ1) is 30.4. The van der Waals surface area contributed by atoms with Crippen LogP contribution >= 0.6 is 0 Å². The molecule has 7 aromatic carbocycles. The molecule has 0 radical (unpaired) electrons. The number of rotatable bonds is 6. The molecule has 0 aliphatic carbocycles. The van der Waals surface area contributed by atoms with Gasteiger partial charge in [-0.2, -0.15) is 0 Å². The lowest BCUT2D eigenvalue weighted by molar-refractivity contribution is 0.669. The Kier molecular flexibility index (Phi) is 7.55. The Bertz CT molecular complexity index is 2700. The van der Waals surface area contributed by atoms with Crippen LogP contribution in [0.3, 0.4) is 0 Å². The smallest absolute Gasteiger partial charge is 0.167 e. The Morgan fingerprint density at radius 1 is 0.392 bits per heavy atom. The predicted molar refractivity (Wildman–Crippen MR) is 209 cm³/mol. The molecule has 9 aromatic rings. The zero-order valence-electron chi connectivity index (χ0n) is 28.3. The van der Waals surface area contributed by atoms with Crippen molar-refractivity contribution in [1.82, 2.24) is 15.0 Å². The van der Waals surface area contributed by atoms with Crippen molar-refractivity contribution in [2.45, 2.75) is 13.8 Å². The summed E-state index contributed by atoms with van der Waals surface area (Å²) in [6.45, 7) is 4.39. The van der Waals surface area contributed by atoms with Gasteiger partial charge in [0.05, 0.1) is 5.56 Å². The van der Waals surface area contributed by atoms with E-state index in [1.165, 1.54) is 22.3 Å². The maximum absolute atomic E-state index is 6.47. The van der Waals surface area contributed by atoms with Crippen LogP contribution in [-0.2, 0) is 0 Å². The molecular formula is C47H33N3O. The van der Waals surface area contributed by atoms with E-state index in [1.54, 1.807) is 0 Å². The molecule has 0 N–H and O–H groups in total. The van der Waals surface area contributed by atoms with Gasteiger partial charge in [-0.05, 0) is 82.6 Å². The first-order valence-electron chi connectivity index (χ1n) is 17.2. The van der Waals surface area contributed by atoms with Gasteiger partial charge in [0.1, 0.15) is 11.2 Å². The van der Waals surface area contributed by atoms with Crippen LogP contribution < -0.4 is 0 Å². The van der Waals surface area contributed by atoms with Crippen LogP contribution in [0, 0.1) is 13.8 Å². The fraction of sp³-hybridized carbons (Fsp3) is 0.0426. The van der Waals surface area contributed by atoms with Crippen molar-refractivity contribution in [1.29, 1.82) is 0 Å². The molecule has 242 valence electrons. The molecule has 0 fully saturated rings. The van der Waals surface area contributed by atoms with Gasteiger partial charge < -0.3 is 4.42 Å². The molecule has 4 heteroatoms. The first-order chi connectivity index (χ1) is 25.1. The number of aryl methyl sites for hydroxylation is 1. The maximum Gasteiger partial charge on any atom is 0.167 e. The van der Waals surface area contributed by atoms with Gasteiger partial charge in [0, 0.05) is 21.9 Å². The summed E-state index contributed by atoms with van der Waals surface area (Å²) in [5.41, 5.74) is 13.6. The fourth-order valence-electron chi connectivity index (χ4n) is 7.16. The summed E-state index contributed by atoms with van der Waals surface area (Å²) in [5.74, 6) is 1.78. The maximum atomic E-state index is 6.47. The topological polar surface area (TPSA) is 51.8 Å². The molecule has 51 heavy (non-hydrogen) atoms. The van der Waals surface area contributed by atoms with Gasteiger partial charge in [-0.1, -0.05) is 140 Å². The standard InChI is InChI=1S/C47H33N3O/c1-30-16-14-25-38(43(30)41-29-35(32-17-6-3-7-18-32)28-40(31(41)2)33-19-8-4-9-20-33)46-48-45(34-21-10-5-11-22-34)49-47(50-46)39-26-15-24-37-36-23-12-13-27-42(36)51-44(37)39/h3-29H,1-2H3. The van der Waals surface area contributed by atoms with Gasteiger partial charge in [0.15, 0.2) is 17.5 Å². The van der Waals surface area contributed by atoms with Crippen LogP contribution in [0.4, 0.5) is 0 Å². The number of para-hydroxylation sites is 2. The molecule has 0 atom stereocenters. The number of hydrogen-bond acceptors (Lipinski definition) is 4. The highest BCUT2D eigenvalue weighted by molar-refractivity contribution is 6.09. The van der Waals surface area contributed by atoms with E-state index in [9.17, 15) is 0 Å². The van der Waals surface area contributed by atoms with Gasteiger partial charge in [-0.25, -0.2) is 15.0 Å². The molecule has 0 saturated carbocycles. The first-order valence-corrected chi connectivity index (χ1v) is 17.2. The van der Waals surface area contributed by atoms with E-state index in [-0.39, 0.29) is 0 Å². The summed E-state index contributed by atoms with van der Waals surface area (Å²) in [5, 5.41) is 2.10. The molecule has 2 heterocycles. The molecule has 0 bridgehead atoms. The van der Waals surface area contributed by atoms with E-state index in [1.807, 2.05) is 60.7 Å². The predicted octanol–water partition coefficient (Wildman–Crippen LogP) is 12.4. The third-order valence-corrected chi connectivity index (χ3v) is 9.70. The van der Waals surface area contributed by atoms with Crippen molar-refractivity contribution in [3.63, 3.8) is 0 Å². The number of fused-ring (bicyclic) bond motifs is 3. The van der Waals surface area contributed by atoms with Crippen molar-refractivity contribution in [2.75, 3.05) is 0 Å². The highest BCUT2D eigenvalue weighted by Crippen LogP contribution is 2.42. The van der Waals surface area contributed by atoms with Gasteiger partial charge in [0.25, 0.3) is 0 Å². The van der Waals surface area contributed by atoms with E-state index in [4.69, 9.17) is 19.4 Å². The fourth-order valence-corrected chi connectivity index (χ4v) is 7.16. The van der Waals surface area contributed by atoms with Crippen LogP contribution in [0.25, 0.3) is 89.5 Å². The van der Waals surface area contributed by atoms with E-state index >= 15 is 0 Å². The summed E-state index contributed by atoms with van der Waals surface area (Å²) >= 11 is 0. The number of aromatic nitrogens is 3. The highest BCUT2D eigenvalue weighted by atomic mass is 16.3. The van der Waals surface area contributed by atoms with Crippen molar-refractivity contribution in [3.05, 3.63) is 175 Å². The van der Waals surface area contributed by atoms with E-state index < -0.39 is 0 Å². The molecule has 0 saturated heterocycles. The van der Waals surface area contributed by atoms with Crippen molar-refractivity contribution in [2.24, 2.45) is 0 Å². The molecule has 0 unspecified atom stereocenters. The molecule has 0 aliphatic heterocycles. The quantitative estimate of drug-likeness (QED) is 0.179. The van der Waals surface area contributed by atoms with E-state index in [2.05, 4.69) is 117 Å². The van der Waals surface area contributed by atoms with Crippen LogP contribution in [0.1, 0.15) is 11.1 Å². The zero-order valence-corrected chi connectivity index (χ0v) is 28.3. The van der Waals surface area contributed by atoms with Crippen molar-refractivity contribution >= 4 is 21.9 Å². The summed E-state index contributed by atoms with van der Waals surface area (Å²) in [4.78, 5) is 15.5. The average molecular weight is 656 g/mol. The second-order valence-corrected chi connectivity index (χ2v) is 12.9. The molecule has 4 nitrogen and oxygen atoms in total. The van der Waals surface area contributed by atoms with Gasteiger partial charge >= 0.3 is 0 Å². The van der Waals surface area contributed by atoms with E-state index in [0.29, 0.717) is 17.5 Å². The highest BCUT2D eigenvalue weighted by Gasteiger charge is 2.22. The third-order valence-electron chi connectivity index (χ3n) is 9.70. The minimum Gasteiger partial charge on any atom is -0.455 e.